The summed E-state index contributed by atoms with van der Waals surface area (Å²) in [7, 11) is 0. The Morgan fingerprint density at radius 2 is 1.73 bits per heavy atom. The van der Waals surface area contributed by atoms with Crippen LogP contribution in [-0.2, 0) is 14.4 Å². The molecule has 7 rings (SSSR count). The van der Waals surface area contributed by atoms with Crippen molar-refractivity contribution >= 4 is 68.7 Å². The number of thiazole rings is 1. The van der Waals surface area contributed by atoms with Crippen LogP contribution in [0.3, 0.4) is 0 Å². The average Bonchev–Trinajstić information content (AvgIpc) is 3.58. The van der Waals surface area contributed by atoms with E-state index in [2.05, 4.69) is 10.3 Å². The Labute approximate surface area is 280 Å². The minimum absolute atomic E-state index is 0.168. The molecule has 3 amide bonds. The van der Waals surface area contributed by atoms with Crippen molar-refractivity contribution in [2.24, 2.45) is 5.92 Å². The van der Waals surface area contributed by atoms with Gasteiger partial charge in [0.25, 0.3) is 11.6 Å². The minimum Gasteiger partial charge on any atom is -0.490 e. The van der Waals surface area contributed by atoms with Crippen molar-refractivity contribution < 1.29 is 28.8 Å². The quantitative estimate of drug-likeness (QED) is 0.113. The van der Waals surface area contributed by atoms with Crippen molar-refractivity contribution in [2.45, 2.75) is 23.1 Å². The van der Waals surface area contributed by atoms with Gasteiger partial charge < -0.3 is 19.8 Å². The number of amides is 3. The maximum Gasteiger partial charge on any atom is 0.305 e. The third kappa shape index (κ3) is 5.58. The molecule has 0 unspecified atom stereocenters. The molecule has 48 heavy (non-hydrogen) atoms. The van der Waals surface area contributed by atoms with E-state index in [1.54, 1.807) is 25.1 Å². The fourth-order valence-corrected chi connectivity index (χ4v) is 8.64. The number of rotatable bonds is 9. The topological polar surface area (TPSA) is 161 Å². The number of imide groups is 1. The second-order valence-corrected chi connectivity index (χ2v) is 13.2. The Kier molecular flexibility index (Phi) is 8.19. The molecule has 1 fully saturated rings. The molecular weight excluding hydrogens is 657 g/mol. The van der Waals surface area contributed by atoms with Crippen molar-refractivity contribution in [1.29, 1.82) is 0 Å². The van der Waals surface area contributed by atoms with Crippen LogP contribution in [0.5, 0.6) is 11.5 Å². The van der Waals surface area contributed by atoms with Gasteiger partial charge in [-0.3, -0.25) is 29.3 Å². The van der Waals surface area contributed by atoms with E-state index in [4.69, 9.17) is 9.47 Å². The van der Waals surface area contributed by atoms with Crippen LogP contribution in [0.25, 0.3) is 10.8 Å². The van der Waals surface area contributed by atoms with Gasteiger partial charge in [0.15, 0.2) is 18.1 Å². The van der Waals surface area contributed by atoms with Crippen LogP contribution in [0.4, 0.5) is 17.1 Å². The number of anilines is 2. The summed E-state index contributed by atoms with van der Waals surface area (Å²) in [6.07, 6.45) is 0. The molecule has 0 saturated carbocycles. The molecule has 5 aromatic rings. The predicted molar refractivity (Wildman–Crippen MR) is 181 cm³/mol. The third-order valence-electron chi connectivity index (χ3n) is 8.19. The zero-order chi connectivity index (χ0) is 33.5. The van der Waals surface area contributed by atoms with Crippen molar-refractivity contribution in [1.82, 2.24) is 4.98 Å². The highest BCUT2D eigenvalue weighted by molar-refractivity contribution is 8.00. The summed E-state index contributed by atoms with van der Waals surface area (Å²) in [5.41, 5.74) is 1.33. The van der Waals surface area contributed by atoms with Crippen LogP contribution >= 0.6 is 23.1 Å². The van der Waals surface area contributed by atoms with E-state index in [1.807, 2.05) is 42.5 Å². The van der Waals surface area contributed by atoms with Crippen LogP contribution in [0.1, 0.15) is 23.3 Å². The van der Waals surface area contributed by atoms with E-state index in [0.717, 1.165) is 38.8 Å². The number of aromatic amines is 1. The number of nitrogens with one attached hydrogen (secondary N) is 2. The fraction of sp³-hybridized carbons (Fsp3) is 0.176. The van der Waals surface area contributed by atoms with Crippen LogP contribution in [0.2, 0.25) is 0 Å². The van der Waals surface area contributed by atoms with E-state index < -0.39 is 33.8 Å². The van der Waals surface area contributed by atoms with Crippen LogP contribution in [0.15, 0.2) is 94.7 Å². The molecule has 0 spiro atoms. The van der Waals surface area contributed by atoms with Crippen molar-refractivity contribution in [3.8, 4) is 11.5 Å². The summed E-state index contributed by atoms with van der Waals surface area (Å²) in [5.74, 6) is -2.24. The Morgan fingerprint density at radius 3 is 2.50 bits per heavy atom. The first-order chi connectivity index (χ1) is 23.2. The first-order valence-corrected chi connectivity index (χ1v) is 16.6. The third-order valence-corrected chi connectivity index (χ3v) is 10.6. The van der Waals surface area contributed by atoms with Gasteiger partial charge in [-0.2, -0.15) is 0 Å². The molecule has 3 heterocycles. The lowest BCUT2D eigenvalue weighted by Gasteiger charge is -2.30. The van der Waals surface area contributed by atoms with E-state index in [1.165, 1.54) is 24.3 Å². The highest BCUT2D eigenvalue weighted by Crippen LogP contribution is 2.54. The van der Waals surface area contributed by atoms with E-state index >= 15 is 0 Å². The fourth-order valence-electron chi connectivity index (χ4n) is 6.12. The Hall–Kier alpha value is -5.47. The molecule has 12 nitrogen and oxygen atoms in total. The van der Waals surface area contributed by atoms with Gasteiger partial charge in [-0.05, 0) is 48.2 Å². The lowest BCUT2D eigenvalue weighted by Crippen LogP contribution is -2.32. The normalized spacial score (nSPS) is 18.4. The van der Waals surface area contributed by atoms with Crippen LogP contribution < -0.4 is 24.6 Å². The van der Waals surface area contributed by atoms with E-state index in [0.29, 0.717) is 32.7 Å². The second kappa shape index (κ2) is 12.6. The molecule has 0 radical (unpaired) electrons. The molecule has 14 heteroatoms. The van der Waals surface area contributed by atoms with Crippen LogP contribution in [0, 0.1) is 16.0 Å². The first-order valence-electron chi connectivity index (χ1n) is 14.9. The monoisotopic (exact) mass is 682 g/mol. The number of aromatic nitrogens is 1. The number of nitro benzene ring substituents is 1. The van der Waals surface area contributed by atoms with Gasteiger partial charge in [-0.1, -0.05) is 65.6 Å². The smallest absolute Gasteiger partial charge is 0.305 e. The van der Waals surface area contributed by atoms with E-state index in [-0.39, 0.29) is 35.4 Å². The second-order valence-electron chi connectivity index (χ2n) is 11.0. The van der Waals surface area contributed by atoms with Gasteiger partial charge in [-0.25, -0.2) is 4.90 Å². The molecule has 3 atom stereocenters. The lowest BCUT2D eigenvalue weighted by atomic mass is 9.83. The maximum absolute atomic E-state index is 14.0. The summed E-state index contributed by atoms with van der Waals surface area (Å²) in [5, 5.41) is 15.6. The zero-order valence-corrected chi connectivity index (χ0v) is 26.8. The van der Waals surface area contributed by atoms with Gasteiger partial charge in [-0.15, -0.1) is 0 Å². The number of H-pyrrole nitrogens is 1. The number of thioether (sulfide) groups is 1. The molecule has 242 valence electrons. The van der Waals surface area contributed by atoms with Gasteiger partial charge in [0.05, 0.1) is 28.2 Å². The summed E-state index contributed by atoms with van der Waals surface area (Å²) in [6.45, 7) is 1.78. The van der Waals surface area contributed by atoms with Crippen molar-refractivity contribution in [3.63, 3.8) is 0 Å². The zero-order valence-electron chi connectivity index (χ0n) is 25.2. The van der Waals surface area contributed by atoms with E-state index in [9.17, 15) is 29.3 Å². The Morgan fingerprint density at radius 1 is 0.958 bits per heavy atom. The number of nitrogens with zero attached hydrogens (tertiary/aromatic N) is 2. The SMILES string of the molecule is CCOc1cc([C@@H]2c3sc(=O)[nH]c3S[C@H]3C(=O)N(c4ccc([N+](=O)[O-])cc4)C(=O)[C@@H]23)ccc1OCC(=O)Nc1cccc2ccccc12. The number of nitro groups is 1. The van der Waals surface area contributed by atoms with Gasteiger partial charge in [0.1, 0.15) is 5.25 Å². The van der Waals surface area contributed by atoms with Crippen LogP contribution in [-0.4, -0.2) is 46.1 Å². The standard InChI is InChI=1S/C34H26N4O8S2/c1-2-45-25-16-19(10-15-24(25)46-17-26(39)35-23-9-5-7-18-6-3-4-8-22(18)23)27-28-30(47-31-29(27)48-34(42)36-31)33(41)37(32(28)40)20-11-13-21(14-12-20)38(43)44/h3-16,27-28,30H,2,17H2,1H3,(H,35,39)(H,36,42)/t27-,28-,30+/m0/s1. The summed E-state index contributed by atoms with van der Waals surface area (Å²) in [6, 6.07) is 23.7. The largest absolute Gasteiger partial charge is 0.490 e. The molecule has 0 aliphatic carbocycles. The molecule has 2 N–H and O–H groups in total. The number of carbonyl (C=O) groups excluding carboxylic acids is 3. The Balaban J connectivity index is 1.18. The molecule has 0 bridgehead atoms. The molecule has 2 aliphatic rings. The molecule has 2 aliphatic heterocycles. The minimum atomic E-state index is -0.871. The molecular formula is C34H26N4O8S2. The number of non-ortho nitro benzene ring substituents is 1. The Bertz CT molecular complexity index is 2160. The summed E-state index contributed by atoms with van der Waals surface area (Å²) >= 11 is 2.10. The molecule has 1 saturated heterocycles. The van der Waals surface area contributed by atoms with Gasteiger partial charge in [0, 0.05) is 34.0 Å². The number of benzene rings is 4. The highest BCUT2D eigenvalue weighted by Gasteiger charge is 2.56. The molecule has 4 aromatic carbocycles. The average molecular weight is 683 g/mol. The number of hydrogen-bond donors (Lipinski definition) is 2. The highest BCUT2D eigenvalue weighted by atomic mass is 32.2. The maximum atomic E-state index is 14.0. The summed E-state index contributed by atoms with van der Waals surface area (Å²) in [4.78, 5) is 67.9. The number of carbonyl (C=O) groups is 3. The molecule has 1 aromatic heterocycles. The van der Waals surface area contributed by atoms with Gasteiger partial charge >= 0.3 is 4.87 Å². The predicted octanol–water partition coefficient (Wildman–Crippen LogP) is 5.71. The number of hydrogen-bond acceptors (Lipinski definition) is 10. The number of fused-ring (bicyclic) bond motifs is 3. The van der Waals surface area contributed by atoms with Crippen molar-refractivity contribution in [2.75, 3.05) is 23.4 Å². The lowest BCUT2D eigenvalue weighted by molar-refractivity contribution is -0.384. The number of ether oxygens (including phenoxy) is 2. The van der Waals surface area contributed by atoms with Gasteiger partial charge in [0.2, 0.25) is 11.8 Å². The summed E-state index contributed by atoms with van der Waals surface area (Å²) < 4.78 is 11.8. The first kappa shape index (κ1) is 31.1. The van der Waals surface area contributed by atoms with Crippen molar-refractivity contribution in [3.05, 3.63) is 115 Å².